The highest BCUT2D eigenvalue weighted by Crippen LogP contribution is 2.20. The van der Waals surface area contributed by atoms with Crippen molar-refractivity contribution in [2.75, 3.05) is 18.1 Å². The molecule has 2 aromatic carbocycles. The van der Waals surface area contributed by atoms with E-state index in [4.69, 9.17) is 17.2 Å². The first-order valence-electron chi connectivity index (χ1n) is 18.5. The van der Waals surface area contributed by atoms with Crippen LogP contribution in [0.4, 0.5) is 0 Å². The summed E-state index contributed by atoms with van der Waals surface area (Å²) in [6, 6.07) is 9.12. The summed E-state index contributed by atoms with van der Waals surface area (Å²) in [5.41, 5.74) is 19.1. The summed E-state index contributed by atoms with van der Waals surface area (Å²) in [6.07, 6.45) is 2.18. The monoisotopic (exact) mass is 826 g/mol. The van der Waals surface area contributed by atoms with E-state index in [0.29, 0.717) is 16.9 Å². The van der Waals surface area contributed by atoms with Gasteiger partial charge in [-0.1, -0.05) is 62.4 Å². The third-order valence-corrected chi connectivity index (χ3v) is 9.67. The van der Waals surface area contributed by atoms with E-state index in [1.807, 2.05) is 24.3 Å². The number of benzene rings is 2. The minimum atomic E-state index is -1.35. The van der Waals surface area contributed by atoms with Crippen LogP contribution in [-0.2, 0) is 41.6 Å². The molecule has 5 amide bonds. The van der Waals surface area contributed by atoms with Crippen molar-refractivity contribution >= 4 is 77.6 Å². The Bertz CT molecular complexity index is 1860. The van der Waals surface area contributed by atoms with Crippen molar-refractivity contribution in [3.8, 4) is 0 Å². The lowest BCUT2D eigenvalue weighted by atomic mass is 10.00. The number of guanidine groups is 1. The number of nitrogens with zero attached hydrogens (tertiary/aromatic N) is 1. The number of amides is 5. The molecule has 13 N–H and O–H groups in total. The third-order valence-electron chi connectivity index (χ3n) is 9.05. The summed E-state index contributed by atoms with van der Waals surface area (Å²) < 4.78 is 0. The third kappa shape index (κ3) is 14.6. The number of hydrogen-bond acceptors (Lipinski definition) is 10. The Morgan fingerprint density at radius 3 is 1.93 bits per heavy atom. The van der Waals surface area contributed by atoms with E-state index in [-0.39, 0.29) is 50.4 Å². The quantitative estimate of drug-likeness (QED) is 0.0258. The van der Waals surface area contributed by atoms with Gasteiger partial charge in [0, 0.05) is 42.2 Å². The molecule has 17 nitrogen and oxygen atoms in total. The normalized spacial score (nSPS) is 14.3. The van der Waals surface area contributed by atoms with E-state index in [2.05, 4.69) is 61.8 Å². The summed E-state index contributed by atoms with van der Waals surface area (Å²) in [7, 11) is 0. The average molecular weight is 827 g/mol. The molecule has 1 heterocycles. The van der Waals surface area contributed by atoms with Gasteiger partial charge in [-0.25, -0.2) is 4.79 Å². The SMILES string of the molecule is CC(C)[C@@H](NC(=O)[C@@H](N)CCS)C(=O)N[C@H](Cc1ccccc1)C(=O)N[C@@H](CCCN=C(N)N)C(=O)N[C@@H](Cc1c[nH]c2ccccc12)C(=O)N[C@@H](CS)C(=O)O. The maximum atomic E-state index is 14.2. The van der Waals surface area contributed by atoms with E-state index >= 15 is 0 Å². The highest BCUT2D eigenvalue weighted by Gasteiger charge is 2.34. The number of nitrogens with one attached hydrogen (secondary N) is 6. The molecule has 0 aliphatic heterocycles. The number of carboxylic acid groups (broad SMARTS) is 1. The number of carbonyl (C=O) groups is 6. The van der Waals surface area contributed by atoms with Gasteiger partial charge in [0.1, 0.15) is 30.2 Å². The second kappa shape index (κ2) is 23.1. The van der Waals surface area contributed by atoms with Crippen LogP contribution in [0.15, 0.2) is 65.8 Å². The molecule has 0 spiro atoms. The first kappa shape index (κ1) is 46.1. The Hall–Kier alpha value is -5.27. The number of thiol groups is 2. The number of carboxylic acids is 1. The predicted molar refractivity (Wildman–Crippen MR) is 224 cm³/mol. The summed E-state index contributed by atoms with van der Waals surface area (Å²) >= 11 is 8.18. The van der Waals surface area contributed by atoms with Gasteiger partial charge in [0.05, 0.1) is 6.04 Å². The largest absolute Gasteiger partial charge is 0.480 e. The molecule has 0 aliphatic carbocycles. The predicted octanol–water partition coefficient (Wildman–Crippen LogP) is -0.252. The van der Waals surface area contributed by atoms with E-state index in [1.54, 1.807) is 50.4 Å². The molecule has 0 aliphatic rings. The number of para-hydroxylation sites is 1. The smallest absolute Gasteiger partial charge is 0.327 e. The maximum absolute atomic E-state index is 14.2. The Balaban J connectivity index is 1.95. The van der Waals surface area contributed by atoms with E-state index < -0.39 is 77.7 Å². The molecule has 57 heavy (non-hydrogen) atoms. The van der Waals surface area contributed by atoms with Crippen LogP contribution in [0.5, 0.6) is 0 Å². The highest BCUT2D eigenvalue weighted by molar-refractivity contribution is 7.80. The Labute approximate surface area is 342 Å². The zero-order chi connectivity index (χ0) is 42.1. The van der Waals surface area contributed by atoms with Gasteiger partial charge in [0.15, 0.2) is 5.96 Å². The Kier molecular flexibility index (Phi) is 18.7. The molecule has 6 atom stereocenters. The number of nitrogens with two attached hydrogens (primary N) is 3. The molecule has 1 aromatic heterocycles. The zero-order valence-electron chi connectivity index (χ0n) is 31.9. The van der Waals surface area contributed by atoms with Crippen molar-refractivity contribution in [1.29, 1.82) is 0 Å². The number of fused-ring (bicyclic) bond motifs is 1. The first-order valence-corrected chi connectivity index (χ1v) is 19.8. The summed E-state index contributed by atoms with van der Waals surface area (Å²) in [6.45, 7) is 3.57. The van der Waals surface area contributed by atoms with Crippen molar-refractivity contribution in [3.05, 3.63) is 71.9 Å². The highest BCUT2D eigenvalue weighted by atomic mass is 32.1. The lowest BCUT2D eigenvalue weighted by molar-refractivity contribution is -0.141. The average Bonchev–Trinajstić information content (AvgIpc) is 3.58. The van der Waals surface area contributed by atoms with E-state index in [0.717, 1.165) is 10.9 Å². The van der Waals surface area contributed by atoms with Crippen LogP contribution < -0.4 is 43.8 Å². The van der Waals surface area contributed by atoms with Crippen LogP contribution in [0.25, 0.3) is 10.9 Å². The van der Waals surface area contributed by atoms with Crippen molar-refractivity contribution < 1.29 is 33.9 Å². The fourth-order valence-electron chi connectivity index (χ4n) is 5.89. The molecule has 0 saturated carbocycles. The van der Waals surface area contributed by atoms with Gasteiger partial charge in [0.25, 0.3) is 0 Å². The number of carbonyl (C=O) groups excluding carboxylic acids is 5. The van der Waals surface area contributed by atoms with Gasteiger partial charge in [0.2, 0.25) is 29.5 Å². The number of aliphatic carboxylic acids is 1. The van der Waals surface area contributed by atoms with Crippen LogP contribution in [0.1, 0.15) is 44.2 Å². The standard InChI is InChI=1S/C38H54N10O7S2/c1-21(2)31(48-32(49)25(39)14-16-56)36(53)46-28(17-22-9-4-3-5-10-22)34(51)44-27(13-8-15-42-38(40)41)33(50)45-29(35(52)47-30(20-57)37(54)55)18-23-19-43-26-12-7-6-11-24(23)26/h3-7,9-12,19,21,25,27-31,43,56-57H,8,13-18,20,39H2,1-2H3,(H,44,51)(H,45,50)(H,46,53)(H,47,52)(H,48,49)(H,54,55)(H4,40,41,42)/t25-,27-,28+,29-,30-,31+/m0/s1. The number of hydrogen-bond donors (Lipinski definition) is 12. The number of aliphatic imine (C=N–C) groups is 1. The van der Waals surface area contributed by atoms with Gasteiger partial charge in [-0.2, -0.15) is 25.3 Å². The number of H-pyrrole nitrogens is 1. The molecule has 0 bridgehead atoms. The van der Waals surface area contributed by atoms with Gasteiger partial charge in [-0.15, -0.1) is 0 Å². The molecule has 0 unspecified atom stereocenters. The van der Waals surface area contributed by atoms with Crippen molar-refractivity contribution in [2.24, 2.45) is 28.1 Å². The molecule has 0 fully saturated rings. The molecule has 310 valence electrons. The topological polar surface area (TPSA) is 289 Å². The fourth-order valence-corrected chi connectivity index (χ4v) is 6.42. The van der Waals surface area contributed by atoms with Crippen molar-refractivity contribution in [1.82, 2.24) is 31.6 Å². The van der Waals surface area contributed by atoms with Crippen LogP contribution in [0.3, 0.4) is 0 Å². The minimum Gasteiger partial charge on any atom is -0.480 e. The van der Waals surface area contributed by atoms with Crippen LogP contribution in [-0.4, -0.2) is 106 Å². The molecule has 0 saturated heterocycles. The zero-order valence-corrected chi connectivity index (χ0v) is 33.7. The first-order chi connectivity index (χ1) is 27.1. The van der Waals surface area contributed by atoms with Crippen molar-refractivity contribution in [3.63, 3.8) is 0 Å². The fraction of sp³-hybridized carbons (Fsp3) is 0.447. The minimum absolute atomic E-state index is 0.00385. The lowest BCUT2D eigenvalue weighted by Gasteiger charge is -2.28. The van der Waals surface area contributed by atoms with Gasteiger partial charge < -0.3 is 53.9 Å². The summed E-state index contributed by atoms with van der Waals surface area (Å²) in [4.78, 5) is 87.4. The van der Waals surface area contributed by atoms with E-state index in [1.165, 1.54) is 0 Å². The molecule has 3 aromatic rings. The van der Waals surface area contributed by atoms with Gasteiger partial charge >= 0.3 is 5.97 Å². The van der Waals surface area contributed by atoms with Crippen molar-refractivity contribution in [2.45, 2.75) is 82.2 Å². The van der Waals surface area contributed by atoms with E-state index in [9.17, 15) is 33.9 Å². The van der Waals surface area contributed by atoms with Crippen LogP contribution in [0.2, 0.25) is 0 Å². The Morgan fingerprint density at radius 2 is 1.32 bits per heavy atom. The maximum Gasteiger partial charge on any atom is 0.327 e. The molecular formula is C38H54N10O7S2. The van der Waals surface area contributed by atoms with Gasteiger partial charge in [-0.3, -0.25) is 29.0 Å². The Morgan fingerprint density at radius 1 is 0.737 bits per heavy atom. The summed E-state index contributed by atoms with van der Waals surface area (Å²) in [5, 5.41) is 23.7. The van der Waals surface area contributed by atoms with Crippen LogP contribution >= 0.6 is 25.3 Å². The number of aromatic nitrogens is 1. The second-order valence-corrected chi connectivity index (χ2v) is 14.6. The second-order valence-electron chi connectivity index (χ2n) is 13.8. The molecular weight excluding hydrogens is 773 g/mol. The van der Waals surface area contributed by atoms with Gasteiger partial charge in [-0.05, 0) is 48.1 Å². The molecule has 0 radical (unpaired) electrons. The number of rotatable bonds is 23. The number of aromatic amines is 1. The molecule has 19 heteroatoms. The molecule has 3 rings (SSSR count). The lowest BCUT2D eigenvalue weighted by Crippen LogP contribution is -2.60. The van der Waals surface area contributed by atoms with Crippen LogP contribution in [0, 0.1) is 5.92 Å². The summed E-state index contributed by atoms with van der Waals surface area (Å²) in [5.74, 6) is -5.20.